The minimum absolute atomic E-state index is 0.684. The second kappa shape index (κ2) is 6.02. The molecular weight excluding hydrogens is 256 g/mol. The predicted molar refractivity (Wildman–Crippen MR) is 81.6 cm³/mol. The van der Waals surface area contributed by atoms with Crippen LogP contribution in [0.4, 0.5) is 11.6 Å². The molecule has 0 fully saturated rings. The van der Waals surface area contributed by atoms with Crippen LogP contribution in [0.25, 0.3) is 0 Å². The van der Waals surface area contributed by atoms with Gasteiger partial charge in [0.05, 0.1) is 0 Å². The fourth-order valence-electron chi connectivity index (χ4n) is 2.23. The summed E-state index contributed by atoms with van der Waals surface area (Å²) in [6.07, 6.45) is 1.03. The van der Waals surface area contributed by atoms with Gasteiger partial charge in [0.15, 0.2) is 4.77 Å². The van der Waals surface area contributed by atoms with E-state index in [1.54, 1.807) is 0 Å². The SMILES string of the molecule is CCCn1c(N(CC)c2ccccc2C)n[nH]c1=S. The molecule has 0 radical (unpaired) electrons. The van der Waals surface area contributed by atoms with Crippen molar-refractivity contribution in [3.05, 3.63) is 34.6 Å². The van der Waals surface area contributed by atoms with Gasteiger partial charge in [-0.2, -0.15) is 0 Å². The number of para-hydroxylation sites is 1. The lowest BCUT2D eigenvalue weighted by atomic mass is 10.2. The molecule has 102 valence electrons. The number of aromatic nitrogens is 3. The maximum atomic E-state index is 5.31. The number of hydrogen-bond acceptors (Lipinski definition) is 3. The van der Waals surface area contributed by atoms with Crippen LogP contribution in [0.2, 0.25) is 0 Å². The van der Waals surface area contributed by atoms with E-state index in [0.29, 0.717) is 4.77 Å². The van der Waals surface area contributed by atoms with Crippen LogP contribution in [0.1, 0.15) is 25.8 Å². The molecule has 1 aromatic carbocycles. The quantitative estimate of drug-likeness (QED) is 0.844. The summed E-state index contributed by atoms with van der Waals surface area (Å²) in [6, 6.07) is 8.34. The first-order valence-electron chi connectivity index (χ1n) is 6.67. The summed E-state index contributed by atoms with van der Waals surface area (Å²) in [6.45, 7) is 8.12. The summed E-state index contributed by atoms with van der Waals surface area (Å²) in [7, 11) is 0. The van der Waals surface area contributed by atoms with Gasteiger partial charge in [-0.1, -0.05) is 25.1 Å². The van der Waals surface area contributed by atoms with Crippen LogP contribution >= 0.6 is 12.2 Å². The van der Waals surface area contributed by atoms with Gasteiger partial charge in [0, 0.05) is 18.8 Å². The molecule has 1 aromatic heterocycles. The lowest BCUT2D eigenvalue weighted by Gasteiger charge is -2.24. The molecule has 19 heavy (non-hydrogen) atoms. The first-order chi connectivity index (χ1) is 9.19. The maximum absolute atomic E-state index is 5.31. The Labute approximate surface area is 119 Å². The van der Waals surface area contributed by atoms with Gasteiger partial charge in [-0.25, -0.2) is 5.10 Å². The highest BCUT2D eigenvalue weighted by Crippen LogP contribution is 2.26. The molecule has 0 unspecified atom stereocenters. The first kappa shape index (κ1) is 13.8. The molecule has 2 rings (SSSR count). The number of nitrogens with one attached hydrogen (secondary N) is 1. The van der Waals surface area contributed by atoms with Gasteiger partial charge in [-0.15, -0.1) is 5.10 Å². The van der Waals surface area contributed by atoms with Gasteiger partial charge in [-0.05, 0) is 44.1 Å². The van der Waals surface area contributed by atoms with E-state index in [9.17, 15) is 0 Å². The van der Waals surface area contributed by atoms with Crippen LogP contribution in [0, 0.1) is 11.7 Å². The van der Waals surface area contributed by atoms with Gasteiger partial charge in [0.2, 0.25) is 5.95 Å². The molecule has 1 heterocycles. The molecule has 4 nitrogen and oxygen atoms in total. The Morgan fingerprint density at radius 2 is 2.05 bits per heavy atom. The van der Waals surface area contributed by atoms with Crippen molar-refractivity contribution >= 4 is 23.9 Å². The Balaban J connectivity index is 2.49. The van der Waals surface area contributed by atoms with Gasteiger partial charge < -0.3 is 4.90 Å². The van der Waals surface area contributed by atoms with Crippen LogP contribution < -0.4 is 4.90 Å². The van der Waals surface area contributed by atoms with Crippen LogP contribution in [-0.2, 0) is 6.54 Å². The van der Waals surface area contributed by atoms with Crippen molar-refractivity contribution in [3.63, 3.8) is 0 Å². The molecule has 0 spiro atoms. The van der Waals surface area contributed by atoms with Crippen LogP contribution in [0.3, 0.4) is 0 Å². The van der Waals surface area contributed by atoms with E-state index >= 15 is 0 Å². The monoisotopic (exact) mass is 276 g/mol. The van der Waals surface area contributed by atoms with Crippen molar-refractivity contribution in [1.82, 2.24) is 14.8 Å². The maximum Gasteiger partial charge on any atom is 0.230 e. The van der Waals surface area contributed by atoms with Crippen LogP contribution in [0.5, 0.6) is 0 Å². The zero-order valence-electron chi connectivity index (χ0n) is 11.7. The standard InChI is InChI=1S/C14H20N4S/c1-4-10-18-13(15-16-14(18)19)17(5-2)12-9-7-6-8-11(12)3/h6-9H,4-5,10H2,1-3H3,(H,16,19). The zero-order valence-corrected chi connectivity index (χ0v) is 12.5. The highest BCUT2D eigenvalue weighted by Gasteiger charge is 2.15. The lowest BCUT2D eigenvalue weighted by molar-refractivity contribution is 0.662. The highest BCUT2D eigenvalue weighted by atomic mass is 32.1. The minimum Gasteiger partial charge on any atom is -0.311 e. The van der Waals surface area contributed by atoms with Crippen LogP contribution in [0.15, 0.2) is 24.3 Å². The summed E-state index contributed by atoms with van der Waals surface area (Å²) in [5.41, 5.74) is 2.41. The smallest absolute Gasteiger partial charge is 0.230 e. The Kier molecular flexibility index (Phi) is 4.37. The number of aryl methyl sites for hydroxylation is 1. The molecule has 2 aromatic rings. The van der Waals surface area contributed by atoms with E-state index < -0.39 is 0 Å². The average Bonchev–Trinajstić information content (AvgIpc) is 2.76. The Morgan fingerprint density at radius 3 is 2.68 bits per heavy atom. The molecular formula is C14H20N4S. The van der Waals surface area contributed by atoms with E-state index in [0.717, 1.165) is 25.5 Å². The second-order valence-electron chi connectivity index (χ2n) is 4.51. The Hall–Kier alpha value is -1.62. The molecule has 0 amide bonds. The largest absolute Gasteiger partial charge is 0.311 e. The third-order valence-corrected chi connectivity index (χ3v) is 3.46. The average molecular weight is 276 g/mol. The van der Waals surface area contributed by atoms with Crippen molar-refractivity contribution in [3.8, 4) is 0 Å². The van der Waals surface area contributed by atoms with E-state index in [-0.39, 0.29) is 0 Å². The van der Waals surface area contributed by atoms with Crippen molar-refractivity contribution in [2.75, 3.05) is 11.4 Å². The molecule has 5 heteroatoms. The Morgan fingerprint density at radius 1 is 1.32 bits per heavy atom. The van der Waals surface area contributed by atoms with Crippen molar-refractivity contribution < 1.29 is 0 Å². The summed E-state index contributed by atoms with van der Waals surface area (Å²) >= 11 is 5.31. The van der Waals surface area contributed by atoms with Gasteiger partial charge >= 0.3 is 0 Å². The molecule has 0 aliphatic heterocycles. The number of rotatable bonds is 5. The number of benzene rings is 1. The van der Waals surface area contributed by atoms with Crippen molar-refractivity contribution in [2.45, 2.75) is 33.7 Å². The molecule has 0 bridgehead atoms. The van der Waals surface area contributed by atoms with E-state index in [4.69, 9.17) is 12.2 Å². The van der Waals surface area contributed by atoms with E-state index in [1.165, 1.54) is 11.3 Å². The molecule has 1 N–H and O–H groups in total. The molecule has 0 aliphatic carbocycles. The number of anilines is 2. The first-order valence-corrected chi connectivity index (χ1v) is 7.08. The van der Waals surface area contributed by atoms with Crippen molar-refractivity contribution in [1.29, 1.82) is 0 Å². The fraction of sp³-hybridized carbons (Fsp3) is 0.429. The van der Waals surface area contributed by atoms with Crippen LogP contribution in [-0.4, -0.2) is 21.3 Å². The lowest BCUT2D eigenvalue weighted by Crippen LogP contribution is -2.21. The molecule has 0 saturated heterocycles. The summed E-state index contributed by atoms with van der Waals surface area (Å²) < 4.78 is 2.74. The van der Waals surface area contributed by atoms with E-state index in [2.05, 4.69) is 64.7 Å². The highest BCUT2D eigenvalue weighted by molar-refractivity contribution is 7.71. The van der Waals surface area contributed by atoms with Gasteiger partial charge in [0.1, 0.15) is 0 Å². The van der Waals surface area contributed by atoms with Crippen molar-refractivity contribution in [2.24, 2.45) is 0 Å². The third kappa shape index (κ3) is 2.71. The number of aromatic amines is 1. The normalized spacial score (nSPS) is 10.7. The van der Waals surface area contributed by atoms with Gasteiger partial charge in [-0.3, -0.25) is 4.57 Å². The Bertz CT molecular complexity index is 599. The summed E-state index contributed by atoms with van der Waals surface area (Å²) in [5.74, 6) is 0.892. The minimum atomic E-state index is 0.684. The fourth-order valence-corrected chi connectivity index (χ4v) is 2.44. The van der Waals surface area contributed by atoms with E-state index in [1.807, 2.05) is 0 Å². The zero-order chi connectivity index (χ0) is 13.8. The summed E-state index contributed by atoms with van der Waals surface area (Å²) in [4.78, 5) is 2.19. The second-order valence-corrected chi connectivity index (χ2v) is 4.90. The number of nitrogens with zero attached hydrogens (tertiary/aromatic N) is 3. The predicted octanol–water partition coefficient (Wildman–Crippen LogP) is 3.82. The van der Waals surface area contributed by atoms with Gasteiger partial charge in [0.25, 0.3) is 0 Å². The summed E-state index contributed by atoms with van der Waals surface area (Å²) in [5, 5.41) is 7.29. The molecule has 0 saturated carbocycles. The molecule has 0 aliphatic rings. The number of H-pyrrole nitrogens is 1. The molecule has 0 atom stereocenters. The topological polar surface area (TPSA) is 36.9 Å². The third-order valence-electron chi connectivity index (χ3n) is 3.15. The number of hydrogen-bond donors (Lipinski definition) is 1.